The Morgan fingerprint density at radius 1 is 1.36 bits per heavy atom. The molecule has 0 bridgehead atoms. The lowest BCUT2D eigenvalue weighted by Gasteiger charge is -2.18. The number of nitrogens with one attached hydrogen (secondary N) is 1. The zero-order valence-electron chi connectivity index (χ0n) is 9.36. The molecule has 3 heteroatoms. The molecule has 0 aromatic rings. The molecule has 0 aromatic carbocycles. The van der Waals surface area contributed by atoms with Crippen LogP contribution in [0.2, 0.25) is 0 Å². The van der Waals surface area contributed by atoms with Crippen LogP contribution in [-0.2, 0) is 0 Å². The van der Waals surface area contributed by atoms with E-state index in [1.807, 2.05) is 20.1 Å². The average molecular weight is 193 g/mol. The van der Waals surface area contributed by atoms with Gasteiger partial charge in [0.05, 0.1) is 5.92 Å². The molecule has 0 spiro atoms. The van der Waals surface area contributed by atoms with Gasteiger partial charge in [0.2, 0.25) is 0 Å². The van der Waals surface area contributed by atoms with Crippen molar-refractivity contribution in [1.29, 1.82) is 0 Å². The molecular formula is C11H19N3. The molecule has 0 amide bonds. The highest BCUT2D eigenvalue weighted by molar-refractivity contribution is 5.79. The van der Waals surface area contributed by atoms with Crippen molar-refractivity contribution in [2.45, 2.75) is 33.9 Å². The van der Waals surface area contributed by atoms with Crippen LogP contribution in [0.5, 0.6) is 0 Å². The standard InChI is InChI=1S/C9H13N3.C2H6/c1-6(2)7-4-11-9-8(7)3-10-5-12-9;1-2/h3-6,8-9,11H,1-2H3;1-2H3. The molecule has 0 saturated carbocycles. The van der Waals surface area contributed by atoms with E-state index in [1.165, 1.54) is 5.57 Å². The second-order valence-electron chi connectivity index (χ2n) is 3.50. The lowest BCUT2D eigenvalue weighted by molar-refractivity contribution is 0.558. The molecule has 2 rings (SSSR count). The molecule has 2 atom stereocenters. The van der Waals surface area contributed by atoms with Crippen molar-refractivity contribution in [2.75, 3.05) is 0 Å². The molecule has 3 nitrogen and oxygen atoms in total. The lowest BCUT2D eigenvalue weighted by atomic mass is 9.92. The van der Waals surface area contributed by atoms with Crippen molar-refractivity contribution in [3.05, 3.63) is 11.8 Å². The van der Waals surface area contributed by atoms with Gasteiger partial charge in [-0.3, -0.25) is 0 Å². The minimum absolute atomic E-state index is 0.208. The first-order valence-electron chi connectivity index (χ1n) is 5.30. The molecule has 2 heterocycles. The summed E-state index contributed by atoms with van der Waals surface area (Å²) in [5.41, 5.74) is 1.40. The van der Waals surface area contributed by atoms with Gasteiger partial charge >= 0.3 is 0 Å². The van der Waals surface area contributed by atoms with Gasteiger partial charge in [-0.2, -0.15) is 0 Å². The third-order valence-corrected chi connectivity index (χ3v) is 2.35. The zero-order valence-corrected chi connectivity index (χ0v) is 9.36. The molecule has 2 unspecified atom stereocenters. The molecule has 1 N–H and O–H groups in total. The molecule has 78 valence electrons. The van der Waals surface area contributed by atoms with Gasteiger partial charge in [-0.15, -0.1) is 0 Å². The maximum Gasteiger partial charge on any atom is 0.131 e. The summed E-state index contributed by atoms with van der Waals surface area (Å²) < 4.78 is 0. The topological polar surface area (TPSA) is 36.8 Å². The highest BCUT2D eigenvalue weighted by Crippen LogP contribution is 2.27. The number of fused-ring (bicyclic) bond motifs is 1. The Bertz CT molecular complexity index is 264. The summed E-state index contributed by atoms with van der Waals surface area (Å²) in [5, 5.41) is 3.24. The molecule has 2 aliphatic heterocycles. The maximum atomic E-state index is 4.24. The first kappa shape index (κ1) is 11.0. The number of aliphatic imine (C=N–C) groups is 2. The third-order valence-electron chi connectivity index (χ3n) is 2.35. The molecule has 0 saturated heterocycles. The Hall–Kier alpha value is -1.12. The largest absolute Gasteiger partial charge is 0.369 e. The van der Waals surface area contributed by atoms with Crippen LogP contribution >= 0.6 is 0 Å². The molecular weight excluding hydrogens is 174 g/mol. The van der Waals surface area contributed by atoms with Gasteiger partial charge < -0.3 is 5.32 Å². The molecule has 0 radical (unpaired) electrons. The maximum absolute atomic E-state index is 4.24. The summed E-state index contributed by atoms with van der Waals surface area (Å²) in [4.78, 5) is 8.29. The van der Waals surface area contributed by atoms with Crippen molar-refractivity contribution < 1.29 is 0 Å². The molecule has 14 heavy (non-hydrogen) atoms. The predicted molar refractivity (Wildman–Crippen MR) is 61.7 cm³/mol. The van der Waals surface area contributed by atoms with Gasteiger partial charge in [-0.05, 0) is 17.7 Å². The second kappa shape index (κ2) is 4.94. The number of hydrogen-bond donors (Lipinski definition) is 1. The predicted octanol–water partition coefficient (Wildman–Crippen LogP) is 2.21. The summed E-state index contributed by atoms with van der Waals surface area (Å²) in [6.45, 7) is 8.39. The van der Waals surface area contributed by atoms with Crippen LogP contribution < -0.4 is 5.32 Å². The smallest absolute Gasteiger partial charge is 0.131 e. The SMILES string of the molecule is CC.CC(C)C1=CNC2N=CN=CC12. The fourth-order valence-electron chi connectivity index (χ4n) is 1.66. The summed E-state index contributed by atoms with van der Waals surface area (Å²) in [6.07, 6.45) is 5.88. The van der Waals surface area contributed by atoms with Crippen molar-refractivity contribution >= 4 is 12.6 Å². The van der Waals surface area contributed by atoms with Gasteiger partial charge in [0.15, 0.2) is 0 Å². The van der Waals surface area contributed by atoms with Crippen molar-refractivity contribution in [1.82, 2.24) is 5.32 Å². The molecule has 0 aromatic heterocycles. The van der Waals surface area contributed by atoms with Gasteiger partial charge in [-0.25, -0.2) is 9.98 Å². The fraction of sp³-hybridized carbons (Fsp3) is 0.636. The number of rotatable bonds is 1. The minimum atomic E-state index is 0.208. The van der Waals surface area contributed by atoms with E-state index in [1.54, 1.807) is 6.34 Å². The Kier molecular flexibility index (Phi) is 3.86. The van der Waals surface area contributed by atoms with E-state index in [-0.39, 0.29) is 6.17 Å². The van der Waals surface area contributed by atoms with E-state index in [4.69, 9.17) is 0 Å². The van der Waals surface area contributed by atoms with E-state index >= 15 is 0 Å². The van der Waals surface area contributed by atoms with E-state index in [9.17, 15) is 0 Å². The van der Waals surface area contributed by atoms with Crippen LogP contribution in [0.4, 0.5) is 0 Å². The van der Waals surface area contributed by atoms with Crippen LogP contribution in [0, 0.1) is 11.8 Å². The third kappa shape index (κ3) is 2.03. The number of hydrogen-bond acceptors (Lipinski definition) is 3. The van der Waals surface area contributed by atoms with Crippen LogP contribution in [0.15, 0.2) is 21.8 Å². The zero-order chi connectivity index (χ0) is 10.6. The fourth-order valence-corrected chi connectivity index (χ4v) is 1.66. The summed E-state index contributed by atoms with van der Waals surface area (Å²) in [7, 11) is 0. The Balaban J connectivity index is 0.000000461. The van der Waals surface area contributed by atoms with E-state index in [0.717, 1.165) is 0 Å². The van der Waals surface area contributed by atoms with Crippen molar-refractivity contribution in [3.63, 3.8) is 0 Å². The lowest BCUT2D eigenvalue weighted by Crippen LogP contribution is -2.29. The van der Waals surface area contributed by atoms with E-state index in [2.05, 4.69) is 35.3 Å². The van der Waals surface area contributed by atoms with Crippen LogP contribution in [-0.4, -0.2) is 18.7 Å². The van der Waals surface area contributed by atoms with E-state index < -0.39 is 0 Å². The van der Waals surface area contributed by atoms with Gasteiger partial charge in [0, 0.05) is 6.21 Å². The quantitative estimate of drug-likeness (QED) is 0.681. The van der Waals surface area contributed by atoms with Gasteiger partial charge in [-0.1, -0.05) is 27.7 Å². The monoisotopic (exact) mass is 193 g/mol. The average Bonchev–Trinajstić information content (AvgIpc) is 2.64. The molecule has 0 fully saturated rings. The van der Waals surface area contributed by atoms with Gasteiger partial charge in [0.1, 0.15) is 12.5 Å². The highest BCUT2D eigenvalue weighted by Gasteiger charge is 2.29. The van der Waals surface area contributed by atoms with Crippen LogP contribution in [0.25, 0.3) is 0 Å². The number of nitrogens with zero attached hydrogens (tertiary/aromatic N) is 2. The summed E-state index contributed by atoms with van der Waals surface area (Å²) >= 11 is 0. The van der Waals surface area contributed by atoms with E-state index in [0.29, 0.717) is 11.8 Å². The Morgan fingerprint density at radius 3 is 2.71 bits per heavy atom. The second-order valence-corrected chi connectivity index (χ2v) is 3.50. The molecule has 2 aliphatic rings. The highest BCUT2D eigenvalue weighted by atomic mass is 15.1. The minimum Gasteiger partial charge on any atom is -0.369 e. The van der Waals surface area contributed by atoms with Crippen molar-refractivity contribution in [3.8, 4) is 0 Å². The normalized spacial score (nSPS) is 27.6. The van der Waals surface area contributed by atoms with Gasteiger partial charge in [0.25, 0.3) is 0 Å². The Labute approximate surface area is 86.0 Å². The van der Waals surface area contributed by atoms with Crippen molar-refractivity contribution in [2.24, 2.45) is 21.8 Å². The summed E-state index contributed by atoms with van der Waals surface area (Å²) in [5.74, 6) is 0.960. The molecule has 0 aliphatic carbocycles. The first-order chi connectivity index (χ1) is 6.79. The van der Waals surface area contributed by atoms with Crippen LogP contribution in [0.3, 0.4) is 0 Å². The first-order valence-corrected chi connectivity index (χ1v) is 5.30. The Morgan fingerprint density at radius 2 is 2.07 bits per heavy atom. The summed E-state index contributed by atoms with van der Waals surface area (Å²) in [6, 6.07) is 0. The van der Waals surface area contributed by atoms with Crippen LogP contribution in [0.1, 0.15) is 27.7 Å².